The quantitative estimate of drug-likeness (QED) is 0.793. The first-order valence-corrected chi connectivity index (χ1v) is 8.56. The van der Waals surface area contributed by atoms with Crippen LogP contribution in [0.15, 0.2) is 36.4 Å². The molecule has 1 amide bonds. The Morgan fingerprint density at radius 1 is 1.04 bits per heavy atom. The van der Waals surface area contributed by atoms with Gasteiger partial charge in [-0.15, -0.1) is 0 Å². The molecular weight excluding hydrogens is 381 g/mol. The fraction of sp³-hybridized carbons (Fsp3) is 0.222. The summed E-state index contributed by atoms with van der Waals surface area (Å²) in [4.78, 5) is 24.4. The molecule has 1 aliphatic heterocycles. The van der Waals surface area contributed by atoms with Crippen molar-refractivity contribution in [2.45, 2.75) is 13.0 Å². The first kappa shape index (κ1) is 18.4. The zero-order valence-electron chi connectivity index (χ0n) is 13.8. The van der Waals surface area contributed by atoms with Crippen molar-refractivity contribution in [3.63, 3.8) is 0 Å². The zero-order valence-corrected chi connectivity index (χ0v) is 15.3. The second-order valence-corrected chi connectivity index (χ2v) is 6.34. The SMILES string of the molecule is CC(OC(=O)c1ccc(Cl)c(Cl)c1)C(=O)Nc1ccc2c(c1)OCCO2. The maximum Gasteiger partial charge on any atom is 0.338 e. The number of ether oxygens (including phenoxy) is 3. The van der Waals surface area contributed by atoms with E-state index < -0.39 is 18.0 Å². The van der Waals surface area contributed by atoms with Gasteiger partial charge in [-0.1, -0.05) is 23.2 Å². The lowest BCUT2D eigenvalue weighted by molar-refractivity contribution is -0.123. The van der Waals surface area contributed by atoms with Gasteiger partial charge >= 0.3 is 5.97 Å². The third-order valence-corrected chi connectivity index (χ3v) is 4.36. The van der Waals surface area contributed by atoms with Crippen molar-refractivity contribution in [2.24, 2.45) is 0 Å². The summed E-state index contributed by atoms with van der Waals surface area (Å²) in [5, 5.41) is 3.23. The number of esters is 1. The number of hydrogen-bond donors (Lipinski definition) is 1. The average Bonchev–Trinajstić information content (AvgIpc) is 2.63. The number of carbonyl (C=O) groups is 2. The van der Waals surface area contributed by atoms with E-state index >= 15 is 0 Å². The molecule has 2 aromatic carbocycles. The van der Waals surface area contributed by atoms with Crippen LogP contribution in [-0.4, -0.2) is 31.2 Å². The van der Waals surface area contributed by atoms with Crippen molar-refractivity contribution in [3.05, 3.63) is 52.0 Å². The molecule has 1 aliphatic rings. The van der Waals surface area contributed by atoms with Gasteiger partial charge < -0.3 is 19.5 Å². The highest BCUT2D eigenvalue weighted by Crippen LogP contribution is 2.32. The normalized spacial score (nSPS) is 13.7. The van der Waals surface area contributed by atoms with Crippen LogP contribution in [0.4, 0.5) is 5.69 Å². The summed E-state index contributed by atoms with van der Waals surface area (Å²) in [6.45, 7) is 2.41. The Balaban J connectivity index is 1.62. The minimum absolute atomic E-state index is 0.207. The molecule has 1 heterocycles. The first-order valence-electron chi connectivity index (χ1n) is 7.80. The number of amides is 1. The molecule has 0 aliphatic carbocycles. The lowest BCUT2D eigenvalue weighted by atomic mass is 10.2. The number of anilines is 1. The van der Waals surface area contributed by atoms with Crippen LogP contribution in [0.2, 0.25) is 10.0 Å². The minimum Gasteiger partial charge on any atom is -0.486 e. The molecule has 8 heteroatoms. The van der Waals surface area contributed by atoms with E-state index in [0.29, 0.717) is 35.4 Å². The molecule has 6 nitrogen and oxygen atoms in total. The van der Waals surface area contributed by atoms with Gasteiger partial charge in [-0.2, -0.15) is 0 Å². The Morgan fingerprint density at radius 2 is 1.77 bits per heavy atom. The molecular formula is C18H15Cl2NO5. The molecule has 1 unspecified atom stereocenters. The second kappa shape index (κ2) is 7.85. The Kier molecular flexibility index (Phi) is 5.54. The van der Waals surface area contributed by atoms with Crippen LogP contribution in [0.3, 0.4) is 0 Å². The summed E-state index contributed by atoms with van der Waals surface area (Å²) in [5.74, 6) is 0.0197. The number of fused-ring (bicyclic) bond motifs is 1. The van der Waals surface area contributed by atoms with Gasteiger partial charge in [-0.3, -0.25) is 4.79 Å². The van der Waals surface area contributed by atoms with Crippen LogP contribution in [0.5, 0.6) is 11.5 Å². The molecule has 26 heavy (non-hydrogen) atoms. The maximum absolute atomic E-state index is 12.3. The third kappa shape index (κ3) is 4.20. The highest BCUT2D eigenvalue weighted by Gasteiger charge is 2.20. The van der Waals surface area contributed by atoms with E-state index in [9.17, 15) is 9.59 Å². The van der Waals surface area contributed by atoms with E-state index in [0.717, 1.165) is 0 Å². The number of benzene rings is 2. The molecule has 0 saturated heterocycles. The molecule has 0 saturated carbocycles. The number of nitrogens with one attached hydrogen (secondary N) is 1. The summed E-state index contributed by atoms with van der Waals surface area (Å²) in [6.07, 6.45) is -1.01. The molecule has 0 aromatic heterocycles. The first-order chi connectivity index (χ1) is 12.4. The van der Waals surface area contributed by atoms with Crippen molar-refractivity contribution in [2.75, 3.05) is 18.5 Å². The van der Waals surface area contributed by atoms with Gasteiger partial charge in [0.25, 0.3) is 5.91 Å². The zero-order chi connectivity index (χ0) is 18.7. The average molecular weight is 396 g/mol. The van der Waals surface area contributed by atoms with Crippen molar-refractivity contribution in [1.82, 2.24) is 0 Å². The molecule has 0 fully saturated rings. The fourth-order valence-corrected chi connectivity index (χ4v) is 2.57. The monoisotopic (exact) mass is 395 g/mol. The summed E-state index contributed by atoms with van der Waals surface area (Å²) in [7, 11) is 0. The van der Waals surface area contributed by atoms with Gasteiger partial charge in [0.05, 0.1) is 15.6 Å². The molecule has 1 atom stereocenters. The second-order valence-electron chi connectivity index (χ2n) is 5.52. The van der Waals surface area contributed by atoms with Gasteiger partial charge in [0.15, 0.2) is 17.6 Å². The summed E-state index contributed by atoms with van der Waals surface area (Å²) >= 11 is 11.7. The maximum atomic E-state index is 12.3. The van der Waals surface area contributed by atoms with Crippen molar-refractivity contribution in [1.29, 1.82) is 0 Å². The molecule has 2 aromatic rings. The van der Waals surface area contributed by atoms with E-state index in [1.165, 1.54) is 25.1 Å². The standard InChI is InChI=1S/C18H15Cl2NO5/c1-10(26-18(23)11-2-4-13(19)14(20)8-11)17(22)21-12-3-5-15-16(9-12)25-7-6-24-15/h2-5,8-10H,6-7H2,1H3,(H,21,22). The van der Waals surface area contributed by atoms with E-state index in [4.69, 9.17) is 37.4 Å². The van der Waals surface area contributed by atoms with Crippen LogP contribution in [0.1, 0.15) is 17.3 Å². The Morgan fingerprint density at radius 3 is 2.50 bits per heavy atom. The van der Waals surface area contributed by atoms with Gasteiger partial charge in [0, 0.05) is 11.8 Å². The molecule has 1 N–H and O–H groups in total. The topological polar surface area (TPSA) is 73.9 Å². The van der Waals surface area contributed by atoms with Crippen LogP contribution in [0.25, 0.3) is 0 Å². The van der Waals surface area contributed by atoms with E-state index in [1.54, 1.807) is 18.2 Å². The number of carbonyl (C=O) groups excluding carboxylic acids is 2. The smallest absolute Gasteiger partial charge is 0.338 e. The van der Waals surface area contributed by atoms with Gasteiger partial charge in [0.1, 0.15) is 13.2 Å². The summed E-state index contributed by atoms with van der Waals surface area (Å²) in [6, 6.07) is 9.38. The van der Waals surface area contributed by atoms with Crippen molar-refractivity contribution in [3.8, 4) is 11.5 Å². The summed E-state index contributed by atoms with van der Waals surface area (Å²) in [5.41, 5.74) is 0.718. The fourth-order valence-electron chi connectivity index (χ4n) is 2.27. The van der Waals surface area contributed by atoms with Gasteiger partial charge in [-0.25, -0.2) is 4.79 Å². The van der Waals surface area contributed by atoms with Gasteiger partial charge in [0.2, 0.25) is 0 Å². The lowest BCUT2D eigenvalue weighted by Gasteiger charge is -2.19. The van der Waals surface area contributed by atoms with Crippen LogP contribution in [0, 0.1) is 0 Å². The lowest BCUT2D eigenvalue weighted by Crippen LogP contribution is -2.30. The van der Waals surface area contributed by atoms with Crippen LogP contribution in [-0.2, 0) is 9.53 Å². The number of rotatable bonds is 4. The molecule has 3 rings (SSSR count). The van der Waals surface area contributed by atoms with Gasteiger partial charge in [-0.05, 0) is 37.3 Å². The van der Waals surface area contributed by atoms with E-state index in [2.05, 4.69) is 5.32 Å². The largest absolute Gasteiger partial charge is 0.486 e. The van der Waals surface area contributed by atoms with E-state index in [-0.39, 0.29) is 10.6 Å². The predicted molar refractivity (Wildman–Crippen MR) is 97.4 cm³/mol. The Hall–Kier alpha value is -2.44. The molecule has 136 valence electrons. The van der Waals surface area contributed by atoms with E-state index in [1.807, 2.05) is 0 Å². The third-order valence-electron chi connectivity index (χ3n) is 3.62. The minimum atomic E-state index is -1.01. The number of halogens is 2. The molecule has 0 bridgehead atoms. The Labute approximate surface area is 159 Å². The highest BCUT2D eigenvalue weighted by molar-refractivity contribution is 6.42. The summed E-state index contributed by atoms with van der Waals surface area (Å²) < 4.78 is 16.1. The van der Waals surface area contributed by atoms with Crippen LogP contribution >= 0.6 is 23.2 Å². The predicted octanol–water partition coefficient (Wildman–Crippen LogP) is 3.95. The van der Waals surface area contributed by atoms with Crippen LogP contribution < -0.4 is 14.8 Å². The highest BCUT2D eigenvalue weighted by atomic mass is 35.5. The Bertz CT molecular complexity index is 855. The molecule has 0 spiro atoms. The molecule has 0 radical (unpaired) electrons. The van der Waals surface area contributed by atoms with Crippen molar-refractivity contribution >= 4 is 40.8 Å². The number of hydrogen-bond acceptors (Lipinski definition) is 5. The van der Waals surface area contributed by atoms with Crippen molar-refractivity contribution < 1.29 is 23.8 Å².